The first kappa shape index (κ1) is 11.6. The predicted octanol–water partition coefficient (Wildman–Crippen LogP) is 1.31. The number of aryl methyl sites for hydroxylation is 1. The summed E-state index contributed by atoms with van der Waals surface area (Å²) in [6.45, 7) is 0.582. The highest BCUT2D eigenvalue weighted by molar-refractivity contribution is 7.85. The van der Waals surface area contributed by atoms with Crippen molar-refractivity contribution < 1.29 is 13.0 Å². The number of fused-ring (bicyclic) bond motifs is 1. The maximum Gasteiger partial charge on any atom is 0.294 e. The Morgan fingerprint density at radius 1 is 1.44 bits per heavy atom. The molecule has 0 radical (unpaired) electrons. The Bertz CT molecular complexity index is 496. The lowest BCUT2D eigenvalue weighted by molar-refractivity contribution is 0.482. The summed E-state index contributed by atoms with van der Waals surface area (Å²) in [7, 11) is -4.09. The summed E-state index contributed by atoms with van der Waals surface area (Å²) >= 11 is 0. The van der Waals surface area contributed by atoms with Gasteiger partial charge < -0.3 is 5.73 Å². The number of rotatable bonds is 2. The first-order chi connectivity index (χ1) is 7.52. The molecule has 88 valence electrons. The molecule has 0 aliphatic heterocycles. The van der Waals surface area contributed by atoms with Crippen LogP contribution in [0.1, 0.15) is 29.9 Å². The summed E-state index contributed by atoms with van der Waals surface area (Å²) < 4.78 is 31.0. The van der Waals surface area contributed by atoms with Gasteiger partial charge in [-0.25, -0.2) is 0 Å². The van der Waals surface area contributed by atoms with Crippen LogP contribution >= 0.6 is 0 Å². The Labute approximate surface area is 95.2 Å². The Kier molecular flexibility index (Phi) is 3.01. The van der Waals surface area contributed by atoms with E-state index in [1.165, 1.54) is 6.07 Å². The molecule has 0 amide bonds. The lowest BCUT2D eigenvalue weighted by atomic mass is 9.83. The van der Waals surface area contributed by atoms with E-state index in [0.29, 0.717) is 12.5 Å². The van der Waals surface area contributed by atoms with Crippen molar-refractivity contribution in [1.29, 1.82) is 0 Å². The van der Waals surface area contributed by atoms with E-state index >= 15 is 0 Å². The van der Waals surface area contributed by atoms with Crippen molar-refractivity contribution >= 4 is 10.1 Å². The van der Waals surface area contributed by atoms with Crippen molar-refractivity contribution in [3.05, 3.63) is 29.3 Å². The predicted molar refractivity (Wildman–Crippen MR) is 61.0 cm³/mol. The lowest BCUT2D eigenvalue weighted by Gasteiger charge is -2.24. The maximum absolute atomic E-state index is 11.0. The molecule has 0 fully saturated rings. The summed E-state index contributed by atoms with van der Waals surface area (Å²) in [5.41, 5.74) is 7.80. The maximum atomic E-state index is 11.0. The monoisotopic (exact) mass is 241 g/mol. The average Bonchev–Trinajstić information content (AvgIpc) is 2.26. The fraction of sp³-hybridized carbons (Fsp3) is 0.455. The SMILES string of the molecule is NCC1CCCc2cc(S(=O)(=O)O)ccc21. The van der Waals surface area contributed by atoms with E-state index in [-0.39, 0.29) is 4.90 Å². The highest BCUT2D eigenvalue weighted by Crippen LogP contribution is 2.32. The Balaban J connectivity index is 2.47. The van der Waals surface area contributed by atoms with Gasteiger partial charge in [-0.15, -0.1) is 0 Å². The molecule has 3 N–H and O–H groups in total. The normalized spacial score (nSPS) is 20.5. The van der Waals surface area contributed by atoms with Gasteiger partial charge in [0.05, 0.1) is 4.90 Å². The van der Waals surface area contributed by atoms with E-state index < -0.39 is 10.1 Å². The molecule has 4 nitrogen and oxygen atoms in total. The Morgan fingerprint density at radius 2 is 2.19 bits per heavy atom. The lowest BCUT2D eigenvalue weighted by Crippen LogP contribution is -2.18. The molecule has 1 aliphatic rings. The van der Waals surface area contributed by atoms with E-state index in [0.717, 1.165) is 30.4 Å². The molecule has 0 spiro atoms. The highest BCUT2D eigenvalue weighted by atomic mass is 32.2. The second-order valence-corrected chi connectivity index (χ2v) is 5.58. The number of hydrogen-bond acceptors (Lipinski definition) is 3. The first-order valence-electron chi connectivity index (χ1n) is 5.33. The van der Waals surface area contributed by atoms with Crippen molar-refractivity contribution in [2.24, 2.45) is 5.73 Å². The van der Waals surface area contributed by atoms with Gasteiger partial charge in [-0.05, 0) is 55.0 Å². The van der Waals surface area contributed by atoms with E-state index in [1.54, 1.807) is 12.1 Å². The molecule has 0 heterocycles. The fourth-order valence-corrected chi connectivity index (χ4v) is 2.83. The van der Waals surface area contributed by atoms with Crippen molar-refractivity contribution in [3.63, 3.8) is 0 Å². The van der Waals surface area contributed by atoms with Crippen LogP contribution in [0, 0.1) is 0 Å². The van der Waals surface area contributed by atoms with Crippen molar-refractivity contribution in [1.82, 2.24) is 0 Å². The molecular formula is C11H15NO3S. The smallest absolute Gasteiger partial charge is 0.294 e. The minimum Gasteiger partial charge on any atom is -0.330 e. The standard InChI is InChI=1S/C11H15NO3S/c12-7-9-3-1-2-8-6-10(16(13,14)15)4-5-11(8)9/h4-6,9H,1-3,7,12H2,(H,13,14,15). The Morgan fingerprint density at radius 3 is 2.81 bits per heavy atom. The van der Waals surface area contributed by atoms with E-state index in [9.17, 15) is 8.42 Å². The van der Waals surface area contributed by atoms with Crippen LogP contribution in [0.25, 0.3) is 0 Å². The molecule has 1 aromatic rings. The summed E-state index contributed by atoms with van der Waals surface area (Å²) in [5, 5.41) is 0. The van der Waals surface area contributed by atoms with Gasteiger partial charge in [-0.3, -0.25) is 4.55 Å². The molecule has 0 aromatic heterocycles. The van der Waals surface area contributed by atoms with Crippen molar-refractivity contribution in [2.45, 2.75) is 30.1 Å². The van der Waals surface area contributed by atoms with Gasteiger partial charge in [0, 0.05) is 0 Å². The third-order valence-corrected chi connectivity index (χ3v) is 3.98. The van der Waals surface area contributed by atoms with Gasteiger partial charge in [0.1, 0.15) is 0 Å². The summed E-state index contributed by atoms with van der Waals surface area (Å²) in [6, 6.07) is 4.78. The quantitative estimate of drug-likeness (QED) is 0.765. The van der Waals surface area contributed by atoms with Gasteiger partial charge >= 0.3 is 0 Å². The molecule has 1 atom stereocenters. The van der Waals surface area contributed by atoms with Crippen LogP contribution in [0.4, 0.5) is 0 Å². The highest BCUT2D eigenvalue weighted by Gasteiger charge is 2.21. The first-order valence-corrected chi connectivity index (χ1v) is 6.77. The largest absolute Gasteiger partial charge is 0.330 e. The third-order valence-electron chi connectivity index (χ3n) is 3.14. The van der Waals surface area contributed by atoms with Crippen LogP contribution in [0.3, 0.4) is 0 Å². The van der Waals surface area contributed by atoms with Gasteiger partial charge in [-0.2, -0.15) is 8.42 Å². The second kappa shape index (κ2) is 4.16. The van der Waals surface area contributed by atoms with Crippen molar-refractivity contribution in [3.8, 4) is 0 Å². The molecular weight excluding hydrogens is 226 g/mol. The van der Waals surface area contributed by atoms with Crippen LogP contribution in [-0.4, -0.2) is 19.5 Å². The fourth-order valence-electron chi connectivity index (χ4n) is 2.30. The molecule has 0 saturated carbocycles. The molecule has 16 heavy (non-hydrogen) atoms. The minimum atomic E-state index is -4.09. The third kappa shape index (κ3) is 2.11. The zero-order valence-electron chi connectivity index (χ0n) is 8.89. The van der Waals surface area contributed by atoms with Crippen LogP contribution < -0.4 is 5.73 Å². The van der Waals surface area contributed by atoms with E-state index in [4.69, 9.17) is 10.3 Å². The number of hydrogen-bond donors (Lipinski definition) is 2. The summed E-state index contributed by atoms with van der Waals surface area (Å²) in [5.74, 6) is 0.319. The van der Waals surface area contributed by atoms with Crippen LogP contribution in [-0.2, 0) is 16.5 Å². The zero-order valence-corrected chi connectivity index (χ0v) is 9.70. The number of benzene rings is 1. The molecule has 0 saturated heterocycles. The summed E-state index contributed by atoms with van der Waals surface area (Å²) in [6.07, 6.45) is 2.92. The van der Waals surface area contributed by atoms with Gasteiger partial charge in [0.25, 0.3) is 10.1 Å². The van der Waals surface area contributed by atoms with Crippen LogP contribution in [0.2, 0.25) is 0 Å². The van der Waals surface area contributed by atoms with Crippen LogP contribution in [0.15, 0.2) is 23.1 Å². The molecule has 1 aromatic carbocycles. The molecule has 5 heteroatoms. The van der Waals surface area contributed by atoms with Crippen molar-refractivity contribution in [2.75, 3.05) is 6.54 Å². The van der Waals surface area contributed by atoms with Gasteiger partial charge in [0.15, 0.2) is 0 Å². The molecule has 1 unspecified atom stereocenters. The van der Waals surface area contributed by atoms with Crippen LogP contribution in [0.5, 0.6) is 0 Å². The zero-order chi connectivity index (χ0) is 11.8. The van der Waals surface area contributed by atoms with E-state index in [1.807, 2.05) is 0 Å². The second-order valence-electron chi connectivity index (χ2n) is 4.16. The van der Waals surface area contributed by atoms with Gasteiger partial charge in [-0.1, -0.05) is 6.07 Å². The number of nitrogens with two attached hydrogens (primary N) is 1. The average molecular weight is 241 g/mol. The Hall–Kier alpha value is -0.910. The summed E-state index contributed by atoms with van der Waals surface area (Å²) in [4.78, 5) is -0.0241. The molecule has 2 rings (SSSR count). The minimum absolute atomic E-state index is 0.0241. The topological polar surface area (TPSA) is 80.4 Å². The molecule has 0 bridgehead atoms. The van der Waals surface area contributed by atoms with E-state index in [2.05, 4.69) is 0 Å². The van der Waals surface area contributed by atoms with Gasteiger partial charge in [0.2, 0.25) is 0 Å². The molecule has 1 aliphatic carbocycles.